The van der Waals surface area contributed by atoms with Crippen LogP contribution in [0.15, 0.2) is 36.0 Å². The van der Waals surface area contributed by atoms with Crippen LogP contribution in [-0.4, -0.2) is 188 Å². The third kappa shape index (κ3) is 14.0. The zero-order valence-corrected chi connectivity index (χ0v) is 52.4. The predicted octanol–water partition coefficient (Wildman–Crippen LogP) is 8.28. The second-order valence-corrected chi connectivity index (χ2v) is 29.4. The van der Waals surface area contributed by atoms with E-state index in [9.17, 15) is 34.8 Å². The minimum atomic E-state index is -1.21. The Kier molecular flexibility index (Phi) is 19.5. The second-order valence-electron chi connectivity index (χ2n) is 29.4. The van der Waals surface area contributed by atoms with Gasteiger partial charge in [0.15, 0.2) is 0 Å². The number of aliphatic carboxylic acids is 2. The molecule has 19 heteroatoms. The molecule has 0 saturated carbocycles. The van der Waals surface area contributed by atoms with E-state index >= 15 is 0 Å². The van der Waals surface area contributed by atoms with Crippen LogP contribution in [0.2, 0.25) is 0 Å². The minimum Gasteiger partial charge on any atom is -0.481 e. The molecule has 10 aliphatic heterocycles. The highest BCUT2D eigenvalue weighted by molar-refractivity contribution is 5.72. The van der Waals surface area contributed by atoms with Crippen molar-refractivity contribution in [1.82, 2.24) is 0 Å². The summed E-state index contributed by atoms with van der Waals surface area (Å²) >= 11 is 0. The molecule has 9 fully saturated rings. The molecule has 0 aromatic carbocycles. The molecule has 0 spiro atoms. The van der Waals surface area contributed by atoms with Crippen LogP contribution in [0, 0.1) is 29.6 Å². The fourth-order valence-electron chi connectivity index (χ4n) is 16.9. The van der Waals surface area contributed by atoms with Gasteiger partial charge in [0.1, 0.15) is 17.8 Å². The zero-order valence-electron chi connectivity index (χ0n) is 52.4. The molecule has 5 N–H and O–H groups in total. The Balaban J connectivity index is 0.765. The Bertz CT molecular complexity index is 2470. The number of carbonyl (C=O) groups excluding carboxylic acids is 1. The van der Waals surface area contributed by atoms with Crippen molar-refractivity contribution in [3.05, 3.63) is 36.0 Å². The molecule has 85 heavy (non-hydrogen) atoms. The lowest BCUT2D eigenvalue weighted by molar-refractivity contribution is -0.369. The van der Waals surface area contributed by atoms with Crippen LogP contribution in [0.4, 0.5) is 0 Å². The summed E-state index contributed by atoms with van der Waals surface area (Å²) in [6.07, 6.45) is 6.26. The maximum atomic E-state index is 12.5. The van der Waals surface area contributed by atoms with Crippen LogP contribution in [0.5, 0.6) is 0 Å². The smallest absolute Gasteiger partial charge is 0.306 e. The summed E-state index contributed by atoms with van der Waals surface area (Å²) in [4.78, 5) is 34.9. The molecular formula is C66H102O19. The number of esters is 1. The van der Waals surface area contributed by atoms with Crippen LogP contribution in [-0.2, 0) is 66.5 Å². The van der Waals surface area contributed by atoms with Gasteiger partial charge in [0.2, 0.25) is 0 Å². The van der Waals surface area contributed by atoms with Gasteiger partial charge in [-0.25, -0.2) is 0 Å². The third-order valence-corrected chi connectivity index (χ3v) is 21.5. The summed E-state index contributed by atoms with van der Waals surface area (Å²) in [7, 11) is 0. The first-order chi connectivity index (χ1) is 39.9. The van der Waals surface area contributed by atoms with Gasteiger partial charge in [0.05, 0.1) is 133 Å². The molecule has 480 valence electrons. The quantitative estimate of drug-likeness (QED) is 0.0720. The van der Waals surface area contributed by atoms with E-state index in [2.05, 4.69) is 59.4 Å². The van der Waals surface area contributed by atoms with E-state index in [1.165, 1.54) is 0 Å². The van der Waals surface area contributed by atoms with Crippen LogP contribution < -0.4 is 0 Å². The topological polar surface area (TPSA) is 254 Å². The van der Waals surface area contributed by atoms with Gasteiger partial charge in [0, 0.05) is 56.8 Å². The van der Waals surface area contributed by atoms with Gasteiger partial charge in [-0.1, -0.05) is 65.0 Å². The number of fused-ring (bicyclic) bond motifs is 8. The van der Waals surface area contributed by atoms with Gasteiger partial charge in [-0.05, 0) is 123 Å². The molecule has 0 aromatic rings. The summed E-state index contributed by atoms with van der Waals surface area (Å²) < 4.78 is 75.7. The zero-order chi connectivity index (χ0) is 61.3. The van der Waals surface area contributed by atoms with Crippen LogP contribution >= 0.6 is 0 Å². The number of hydrogen-bond acceptors (Lipinski definition) is 17. The first kappa shape index (κ1) is 65.1. The number of rotatable bonds is 16. The fourth-order valence-corrected chi connectivity index (χ4v) is 16.9. The van der Waals surface area contributed by atoms with Crippen molar-refractivity contribution in [2.24, 2.45) is 29.6 Å². The molecule has 10 heterocycles. The number of carboxylic acids is 2. The summed E-state index contributed by atoms with van der Waals surface area (Å²) in [6.45, 7) is 26.6. The molecule has 28 atom stereocenters. The van der Waals surface area contributed by atoms with Gasteiger partial charge < -0.3 is 77.6 Å². The van der Waals surface area contributed by atoms with Crippen LogP contribution in [0.1, 0.15) is 185 Å². The summed E-state index contributed by atoms with van der Waals surface area (Å²) in [5.41, 5.74) is -2.50. The molecular weight excluding hydrogens is 1100 g/mol. The van der Waals surface area contributed by atoms with E-state index in [1.54, 1.807) is 13.8 Å². The minimum absolute atomic E-state index is 0.0312. The van der Waals surface area contributed by atoms with E-state index in [0.29, 0.717) is 77.0 Å². The SMILES string of the molecule is C=C1C[C@@H]2O[C@H]3[C@H](C[C@@]2(C)O[C@H]1C/C(C)=C/[C@@H](C)COC(=O)C[C@@H](C)CC(=O)O)O[C@@H]1C[C@@H]2O[C@@H]4CC[C@@H]5O[C@@H]6C[C@@H]7O[C@H](C[C@H](O)C[C@@H]8C[C@@H](C)[C@@H]([C@@H](C)CC(=O)O)O8)[C@@](C)(O)CC[C@H]7O[C@@]6(C)C[C@@]5(C)O[C@H]4C/C=C\[C@@H](C)[C@H]2O[C@@]1(C)[C@@H]3O. The van der Waals surface area contributed by atoms with Gasteiger partial charge >= 0.3 is 17.9 Å². The fraction of sp³-hybridized carbons (Fsp3) is 0.864. The van der Waals surface area contributed by atoms with Crippen molar-refractivity contribution in [3.8, 4) is 0 Å². The molecule has 19 nitrogen and oxygen atoms in total. The molecule has 0 amide bonds. The molecule has 0 aliphatic carbocycles. The van der Waals surface area contributed by atoms with Crippen molar-refractivity contribution < 1.29 is 92.0 Å². The highest BCUT2D eigenvalue weighted by Crippen LogP contribution is 2.54. The van der Waals surface area contributed by atoms with Crippen molar-refractivity contribution in [3.63, 3.8) is 0 Å². The molecule has 0 aromatic heterocycles. The largest absolute Gasteiger partial charge is 0.481 e. The average Bonchev–Trinajstić information content (AvgIpc) is 1.94. The molecule has 0 unspecified atom stereocenters. The standard InChI is InChI=1S/C66H102O19/c1-34(20-36(3)32-75-57(72)23-35(2)22-55(68)69)21-46-38(5)25-52-63(9,84-46)31-49-60(81-52)61(73)66(12)54(79-49)30-48-59(85-66)37(4)14-13-15-44-43(77-48)16-17-50-64(10,82-44)33-65(11)53(80-50)29-47-45(83-65)18-19-62(8,74)51(78-47)28-41(67)27-42-24-39(6)58(76-42)40(7)26-56(70)71/h13-14,20,35-37,39-54,58-61,67,73-74H,5,15-19,21-33H2,1-4,6-12H3,(H,68,69)(H,70,71)/b14-13-,34-20+/t35-,36+,37+,39+,40-,41+,42-,43+,44-,45+,46-,47-,48-,49-,50-,51+,52-,53+,54+,58-,59+,60-,61+,62-,63+,64+,65-,66+/m0/s1. The molecule has 9 saturated heterocycles. The number of carbonyl (C=O) groups is 3. The predicted molar refractivity (Wildman–Crippen MR) is 310 cm³/mol. The Morgan fingerprint density at radius 3 is 2.20 bits per heavy atom. The number of hydrogen-bond donors (Lipinski definition) is 5. The first-order valence-electron chi connectivity index (χ1n) is 32.3. The lowest BCUT2D eigenvalue weighted by atomic mass is 9.72. The van der Waals surface area contributed by atoms with E-state index in [4.69, 9.17) is 57.2 Å². The van der Waals surface area contributed by atoms with Crippen LogP contribution in [0.25, 0.3) is 0 Å². The maximum Gasteiger partial charge on any atom is 0.306 e. The van der Waals surface area contributed by atoms with Crippen LogP contribution in [0.3, 0.4) is 0 Å². The highest BCUT2D eigenvalue weighted by Gasteiger charge is 2.65. The monoisotopic (exact) mass is 1200 g/mol. The highest BCUT2D eigenvalue weighted by atomic mass is 16.7. The van der Waals surface area contributed by atoms with Crippen molar-refractivity contribution in [1.29, 1.82) is 0 Å². The van der Waals surface area contributed by atoms with E-state index < -0.39 is 88.6 Å². The number of carboxylic acid groups (broad SMARTS) is 2. The number of ether oxygens (including phenoxy) is 11. The van der Waals surface area contributed by atoms with Gasteiger partial charge in [-0.15, -0.1) is 0 Å². The van der Waals surface area contributed by atoms with Gasteiger partial charge in [-0.3, -0.25) is 14.4 Å². The Hall–Kier alpha value is -2.89. The van der Waals surface area contributed by atoms with Gasteiger partial charge in [0.25, 0.3) is 0 Å². The van der Waals surface area contributed by atoms with E-state index in [-0.39, 0.29) is 129 Å². The van der Waals surface area contributed by atoms with Crippen molar-refractivity contribution in [2.45, 2.75) is 323 Å². The first-order valence-corrected chi connectivity index (χ1v) is 32.3. The lowest BCUT2D eigenvalue weighted by Crippen LogP contribution is -2.74. The van der Waals surface area contributed by atoms with Gasteiger partial charge in [-0.2, -0.15) is 0 Å². The molecule has 10 aliphatic rings. The lowest BCUT2D eigenvalue weighted by Gasteiger charge is -2.61. The second kappa shape index (κ2) is 25.4. The maximum absolute atomic E-state index is 12.5. The third-order valence-electron chi connectivity index (χ3n) is 21.5. The Morgan fingerprint density at radius 2 is 1.46 bits per heavy atom. The molecule has 0 bridgehead atoms. The van der Waals surface area contributed by atoms with E-state index in [1.807, 2.05) is 27.7 Å². The summed E-state index contributed by atoms with van der Waals surface area (Å²) in [5.74, 6) is -2.60. The van der Waals surface area contributed by atoms with Crippen molar-refractivity contribution in [2.75, 3.05) is 6.61 Å². The summed E-state index contributed by atoms with van der Waals surface area (Å²) in [6, 6.07) is 0. The normalized spacial score (nSPS) is 48.0. The average molecular weight is 1200 g/mol. The molecule has 0 radical (unpaired) electrons. The number of aliphatic hydroxyl groups is 3. The summed E-state index contributed by atoms with van der Waals surface area (Å²) in [5, 5.41) is 54.4. The number of aliphatic hydroxyl groups excluding tert-OH is 2. The Morgan fingerprint density at radius 1 is 0.741 bits per heavy atom. The van der Waals surface area contributed by atoms with E-state index in [0.717, 1.165) is 17.6 Å². The Labute approximate surface area is 503 Å². The molecule has 10 rings (SSSR count). The van der Waals surface area contributed by atoms with Crippen molar-refractivity contribution >= 4 is 17.9 Å².